The average Bonchev–Trinajstić information content (AvgIpc) is 2.87. The molecule has 12 heteroatoms. The van der Waals surface area contributed by atoms with E-state index in [0.29, 0.717) is 13.0 Å². The van der Waals surface area contributed by atoms with E-state index in [1.54, 1.807) is 6.92 Å². The van der Waals surface area contributed by atoms with E-state index in [0.717, 1.165) is 40.6 Å². The highest BCUT2D eigenvalue weighted by Crippen LogP contribution is 2.34. The van der Waals surface area contributed by atoms with Gasteiger partial charge >= 0.3 is 0 Å². The quantitative estimate of drug-likeness (QED) is 0.217. The van der Waals surface area contributed by atoms with Crippen LogP contribution in [0.1, 0.15) is 44.2 Å². The summed E-state index contributed by atoms with van der Waals surface area (Å²) in [5.41, 5.74) is 1.21. The number of rotatable bonds is 14. The molecule has 1 atom stereocenters. The highest BCUT2D eigenvalue weighted by molar-refractivity contribution is 7.92. The van der Waals surface area contributed by atoms with Crippen LogP contribution in [0.3, 0.4) is 0 Å². The van der Waals surface area contributed by atoms with Gasteiger partial charge in [0.15, 0.2) is 0 Å². The van der Waals surface area contributed by atoms with Gasteiger partial charge in [-0.15, -0.1) is 0 Å². The Hall–Kier alpha value is -3.67. The number of aryl methyl sites for hydroxylation is 1. The number of nitrogens with zero attached hydrogens (tertiary/aromatic N) is 3. The van der Waals surface area contributed by atoms with Gasteiger partial charge in [-0.25, -0.2) is 8.42 Å². The van der Waals surface area contributed by atoms with Gasteiger partial charge in [0, 0.05) is 25.2 Å². The fraction of sp³-hybridized carbons (Fsp3) is 0.462. The van der Waals surface area contributed by atoms with Crippen LogP contribution in [0.15, 0.2) is 42.5 Å². The summed E-state index contributed by atoms with van der Waals surface area (Å²) in [6.07, 6.45) is 2.87. The number of anilines is 1. The Balaban J connectivity index is 2.54. The summed E-state index contributed by atoms with van der Waals surface area (Å²) in [5.74, 6) is -0.921. The third-order valence-corrected chi connectivity index (χ3v) is 7.27. The molecule has 11 nitrogen and oxygen atoms in total. The van der Waals surface area contributed by atoms with Gasteiger partial charge < -0.3 is 15.0 Å². The predicted molar refractivity (Wildman–Crippen MR) is 146 cm³/mol. The molecule has 2 amide bonds. The van der Waals surface area contributed by atoms with Gasteiger partial charge in [-0.05, 0) is 37.0 Å². The van der Waals surface area contributed by atoms with Crippen molar-refractivity contribution in [1.82, 2.24) is 10.2 Å². The lowest BCUT2D eigenvalue weighted by molar-refractivity contribution is -0.384. The molecule has 0 fully saturated rings. The van der Waals surface area contributed by atoms with E-state index >= 15 is 0 Å². The number of amides is 2. The molecule has 208 valence electrons. The van der Waals surface area contributed by atoms with Gasteiger partial charge in [-0.1, -0.05) is 44.5 Å². The molecule has 0 aliphatic rings. The highest BCUT2D eigenvalue weighted by atomic mass is 32.2. The first-order valence-electron chi connectivity index (χ1n) is 12.4. The Labute approximate surface area is 224 Å². The summed E-state index contributed by atoms with van der Waals surface area (Å²) in [7, 11) is -2.79. The van der Waals surface area contributed by atoms with Crippen LogP contribution in [-0.2, 0) is 26.2 Å². The largest absolute Gasteiger partial charge is 0.495 e. The summed E-state index contributed by atoms with van der Waals surface area (Å²) >= 11 is 0. The second kappa shape index (κ2) is 13.8. The summed E-state index contributed by atoms with van der Waals surface area (Å²) < 4.78 is 31.7. The molecule has 0 unspecified atom stereocenters. The van der Waals surface area contributed by atoms with E-state index in [-0.39, 0.29) is 29.6 Å². The van der Waals surface area contributed by atoms with Crippen molar-refractivity contribution >= 4 is 33.2 Å². The number of nitro benzene ring substituents is 1. The molecule has 0 saturated heterocycles. The summed E-state index contributed by atoms with van der Waals surface area (Å²) in [6.45, 7) is 5.52. The van der Waals surface area contributed by atoms with Crippen LogP contribution in [0, 0.1) is 17.0 Å². The van der Waals surface area contributed by atoms with E-state index in [1.807, 2.05) is 38.1 Å². The summed E-state index contributed by atoms with van der Waals surface area (Å²) in [6, 6.07) is 10.1. The summed E-state index contributed by atoms with van der Waals surface area (Å²) in [4.78, 5) is 39.0. The number of ether oxygens (including phenoxy) is 1. The van der Waals surface area contributed by atoms with Gasteiger partial charge in [-0.3, -0.25) is 24.0 Å². The van der Waals surface area contributed by atoms with Crippen LogP contribution >= 0.6 is 0 Å². The van der Waals surface area contributed by atoms with Crippen molar-refractivity contribution in [2.75, 3.05) is 30.8 Å². The minimum Gasteiger partial charge on any atom is -0.495 e. The minimum absolute atomic E-state index is 0.0450. The molecular formula is C26H36N4O7S. The topological polar surface area (TPSA) is 139 Å². The Bertz CT molecular complexity index is 1250. The van der Waals surface area contributed by atoms with Gasteiger partial charge in [0.1, 0.15) is 24.0 Å². The molecule has 0 aromatic heterocycles. The van der Waals surface area contributed by atoms with Crippen LogP contribution < -0.4 is 14.4 Å². The number of methoxy groups -OCH3 is 1. The standard InChI is InChI=1S/C26H36N4O7S/c1-6-8-15-27-26(32)22(7-2)28(17-20-12-10-9-11-19(20)3)25(31)18-29(38(5,35)36)23-16-21(30(33)34)13-14-24(23)37-4/h9-14,16,22H,6-8,15,17-18H2,1-5H3,(H,27,32)/t22-/m1/s1. The number of nitrogens with one attached hydrogen (secondary N) is 1. The highest BCUT2D eigenvalue weighted by Gasteiger charge is 2.33. The smallest absolute Gasteiger partial charge is 0.271 e. The maximum atomic E-state index is 13.8. The zero-order chi connectivity index (χ0) is 28.5. The molecule has 1 N–H and O–H groups in total. The Morgan fingerprint density at radius 1 is 1.16 bits per heavy atom. The van der Waals surface area contributed by atoms with Crippen LogP contribution in [0.2, 0.25) is 0 Å². The van der Waals surface area contributed by atoms with Gasteiger partial charge in [0.2, 0.25) is 21.8 Å². The third-order valence-electron chi connectivity index (χ3n) is 6.14. The molecule has 0 spiro atoms. The Morgan fingerprint density at radius 2 is 1.84 bits per heavy atom. The normalized spacial score (nSPS) is 11.9. The minimum atomic E-state index is -4.09. The monoisotopic (exact) mass is 548 g/mol. The number of hydrogen-bond acceptors (Lipinski definition) is 7. The third kappa shape index (κ3) is 7.91. The first-order valence-corrected chi connectivity index (χ1v) is 14.2. The van der Waals surface area contributed by atoms with E-state index < -0.39 is 33.4 Å². The fourth-order valence-electron chi connectivity index (χ4n) is 3.98. The van der Waals surface area contributed by atoms with Crippen LogP contribution in [0.4, 0.5) is 11.4 Å². The number of sulfonamides is 1. The van der Waals surface area contributed by atoms with Crippen LogP contribution in [-0.4, -0.2) is 62.6 Å². The summed E-state index contributed by atoms with van der Waals surface area (Å²) in [5, 5.41) is 14.2. The average molecular weight is 549 g/mol. The van der Waals surface area contributed by atoms with Crippen molar-refractivity contribution in [3.63, 3.8) is 0 Å². The maximum Gasteiger partial charge on any atom is 0.271 e. The Kier molecular flexibility index (Phi) is 11.1. The van der Waals surface area contributed by atoms with Crippen molar-refractivity contribution in [2.45, 2.75) is 52.6 Å². The molecule has 0 bridgehead atoms. The van der Waals surface area contributed by atoms with Gasteiger partial charge in [0.25, 0.3) is 5.69 Å². The van der Waals surface area contributed by atoms with E-state index in [4.69, 9.17) is 4.74 Å². The number of nitro groups is 1. The van der Waals surface area contributed by atoms with Crippen LogP contribution in [0.25, 0.3) is 0 Å². The van der Waals surface area contributed by atoms with Crippen molar-refractivity contribution in [2.24, 2.45) is 0 Å². The van der Waals surface area contributed by atoms with Crippen molar-refractivity contribution in [1.29, 1.82) is 0 Å². The second-order valence-electron chi connectivity index (χ2n) is 8.90. The van der Waals surface area contributed by atoms with E-state index in [1.165, 1.54) is 24.1 Å². The first kappa shape index (κ1) is 30.6. The van der Waals surface area contributed by atoms with Crippen LogP contribution in [0.5, 0.6) is 5.75 Å². The molecule has 2 rings (SSSR count). The molecule has 0 heterocycles. The number of carbonyl (C=O) groups is 2. The lowest BCUT2D eigenvalue weighted by atomic mass is 10.1. The Morgan fingerprint density at radius 3 is 2.39 bits per heavy atom. The molecule has 0 aliphatic heterocycles. The molecule has 0 saturated carbocycles. The predicted octanol–water partition coefficient (Wildman–Crippen LogP) is 3.40. The molecule has 2 aromatic carbocycles. The molecule has 38 heavy (non-hydrogen) atoms. The lowest BCUT2D eigenvalue weighted by Crippen LogP contribution is -2.52. The molecule has 0 radical (unpaired) electrons. The maximum absolute atomic E-state index is 13.8. The molecule has 0 aliphatic carbocycles. The first-order chi connectivity index (χ1) is 17.9. The lowest BCUT2D eigenvalue weighted by Gasteiger charge is -2.33. The number of carbonyl (C=O) groups excluding carboxylic acids is 2. The van der Waals surface area contributed by atoms with Crippen molar-refractivity contribution in [3.05, 3.63) is 63.7 Å². The molecular weight excluding hydrogens is 512 g/mol. The zero-order valence-corrected chi connectivity index (χ0v) is 23.3. The number of non-ortho nitro benzene ring substituents is 1. The molecule has 2 aromatic rings. The van der Waals surface area contributed by atoms with E-state index in [2.05, 4.69) is 5.32 Å². The number of benzene rings is 2. The van der Waals surface area contributed by atoms with Gasteiger partial charge in [0.05, 0.1) is 18.3 Å². The second-order valence-corrected chi connectivity index (χ2v) is 10.8. The van der Waals surface area contributed by atoms with E-state index in [9.17, 15) is 28.1 Å². The fourth-order valence-corrected chi connectivity index (χ4v) is 4.82. The van der Waals surface area contributed by atoms with Gasteiger partial charge in [-0.2, -0.15) is 0 Å². The van der Waals surface area contributed by atoms with Crippen molar-refractivity contribution < 1.29 is 27.7 Å². The number of hydrogen-bond donors (Lipinski definition) is 1. The SMILES string of the molecule is CCCCNC(=O)[C@@H](CC)N(Cc1ccccc1C)C(=O)CN(c1cc([N+](=O)[O-])ccc1OC)S(C)(=O)=O. The zero-order valence-electron chi connectivity index (χ0n) is 22.5. The number of unbranched alkanes of at least 4 members (excludes halogenated alkanes) is 1. The van der Waals surface area contributed by atoms with Crippen molar-refractivity contribution in [3.8, 4) is 5.75 Å².